The highest BCUT2D eigenvalue weighted by molar-refractivity contribution is 7.99. The molecule has 16 nitrogen and oxygen atoms in total. The lowest BCUT2D eigenvalue weighted by molar-refractivity contribution is -0.116. The third-order valence-corrected chi connectivity index (χ3v) is 21.2. The van der Waals surface area contributed by atoms with Crippen molar-refractivity contribution in [2.45, 2.75) is 50.9 Å². The molecule has 0 spiro atoms. The average Bonchev–Trinajstić information content (AvgIpc) is 4.26. The monoisotopic (exact) mass is 1240 g/mol. The molecule has 0 aliphatic carbocycles. The van der Waals surface area contributed by atoms with Gasteiger partial charge in [0.25, 0.3) is 0 Å². The number of nitrogens with zero attached hydrogens (tertiary/aromatic N) is 8. The van der Waals surface area contributed by atoms with Crippen molar-refractivity contribution in [3.05, 3.63) is 133 Å². The predicted octanol–water partition coefficient (Wildman–Crippen LogP) is 12.3. The Balaban J connectivity index is 0.695. The highest BCUT2D eigenvalue weighted by atomic mass is 35.5. The minimum absolute atomic E-state index is 0.108. The molecule has 0 aliphatic heterocycles. The first kappa shape index (κ1) is 54.5. The number of thioether (sulfide) groups is 2. The van der Waals surface area contributed by atoms with Gasteiger partial charge in [0, 0.05) is 59.8 Å². The van der Waals surface area contributed by atoms with Gasteiger partial charge in [-0.25, -0.2) is 0 Å². The van der Waals surface area contributed by atoms with Crippen LogP contribution in [0.2, 0.25) is 8.67 Å². The maximum atomic E-state index is 13.3. The van der Waals surface area contributed by atoms with Crippen molar-refractivity contribution in [1.82, 2.24) is 40.8 Å². The third kappa shape index (κ3) is 15.5. The summed E-state index contributed by atoms with van der Waals surface area (Å²) in [6, 6.07) is 25.7. The van der Waals surface area contributed by atoms with E-state index in [0.717, 1.165) is 89.0 Å². The van der Waals surface area contributed by atoms with E-state index < -0.39 is 0 Å². The van der Waals surface area contributed by atoms with Crippen molar-refractivity contribution >= 4 is 202 Å². The van der Waals surface area contributed by atoms with E-state index in [0.29, 0.717) is 54.2 Å². The van der Waals surface area contributed by atoms with Crippen molar-refractivity contribution in [3.63, 3.8) is 0 Å². The molecule has 10 rings (SSSR count). The SMILES string of the molecule is O=C(Cc1ccc(Cl)s1)Nc1nnc(CCSCC(c2ccc3sc(CC(=O)Nc4nnc(CCSCCc5nnc(NC(=O)Cc6cc7ccccc7s6)s5)s4)cc3c2)c2nnc(NC(=O)Cc3ccc(Cl)s3)s2)s1. The zero-order valence-corrected chi connectivity index (χ0v) is 49.1. The standard InChI is InChI=1S/C48H40Cl2N12O4S10/c49-35-9-6-28(71-35)20-37(63)51-45-59-57-43(75-45)13-16-68-24-32(44-58-62-48(76-44)54-38(64)21-29-7-10-36(50)72-29)25-5-8-34-27(17-25)19-31(70-34)23-40(66)53-47-61-56-42(74-47)12-15-67-14-11-41-55-60-46(73-41)52-39(65)22-30-18-26-3-1-2-4-33(26)69-30/h1-10,17-19,32H,11-16,20-24H2,(H,51,59,63)(H,52,60,65)(H,53,61,66)(H,54,62,64). The summed E-state index contributed by atoms with van der Waals surface area (Å²) in [5, 5.41) is 53.2. The number of amides is 4. The molecule has 8 heterocycles. The van der Waals surface area contributed by atoms with Crippen LogP contribution in [0, 0.1) is 0 Å². The van der Waals surface area contributed by atoms with Crippen molar-refractivity contribution in [2.75, 3.05) is 44.3 Å². The van der Waals surface area contributed by atoms with E-state index in [9.17, 15) is 19.2 Å². The molecule has 4 amide bonds. The maximum absolute atomic E-state index is 13.3. The molecule has 76 heavy (non-hydrogen) atoms. The van der Waals surface area contributed by atoms with Crippen LogP contribution in [-0.2, 0) is 64.1 Å². The molecule has 1 atom stereocenters. The number of fused-ring (bicyclic) bond motifs is 2. The van der Waals surface area contributed by atoms with Crippen molar-refractivity contribution in [1.29, 1.82) is 0 Å². The van der Waals surface area contributed by atoms with Gasteiger partial charge in [0.15, 0.2) is 0 Å². The van der Waals surface area contributed by atoms with Crippen LogP contribution in [0.3, 0.4) is 0 Å². The molecule has 10 aromatic rings. The van der Waals surface area contributed by atoms with Gasteiger partial charge in [-0.1, -0.05) is 92.8 Å². The second kappa shape index (κ2) is 26.2. The first-order valence-electron chi connectivity index (χ1n) is 23.1. The molecule has 28 heteroatoms. The Morgan fingerprint density at radius 2 is 0.908 bits per heavy atom. The number of aromatic nitrogens is 8. The fraction of sp³-hybridized carbons (Fsp3) is 0.250. The van der Waals surface area contributed by atoms with E-state index in [1.165, 1.54) is 68.0 Å². The van der Waals surface area contributed by atoms with Gasteiger partial charge in [0.1, 0.15) is 20.0 Å². The summed E-state index contributed by atoms with van der Waals surface area (Å²) < 4.78 is 3.47. The van der Waals surface area contributed by atoms with Crippen LogP contribution in [0.5, 0.6) is 0 Å². The molecule has 2 aromatic carbocycles. The summed E-state index contributed by atoms with van der Waals surface area (Å²) in [5.41, 5.74) is 1.03. The van der Waals surface area contributed by atoms with E-state index in [4.69, 9.17) is 23.2 Å². The van der Waals surface area contributed by atoms with E-state index in [2.05, 4.69) is 92.4 Å². The highest BCUT2D eigenvalue weighted by Crippen LogP contribution is 2.37. The minimum atomic E-state index is -0.204. The molecular formula is C48H40Cl2N12O4S10. The lowest BCUT2D eigenvalue weighted by atomic mass is 10.0. The molecule has 4 N–H and O–H groups in total. The Kier molecular flexibility index (Phi) is 18.8. The topological polar surface area (TPSA) is 220 Å². The summed E-state index contributed by atoms with van der Waals surface area (Å²) in [6.45, 7) is 0. The summed E-state index contributed by atoms with van der Waals surface area (Å²) in [5.74, 6) is 2.24. The molecule has 8 aromatic heterocycles. The van der Waals surface area contributed by atoms with Gasteiger partial charge in [0.2, 0.25) is 44.2 Å². The minimum Gasteiger partial charge on any atom is -0.300 e. The number of benzene rings is 2. The van der Waals surface area contributed by atoms with E-state index >= 15 is 0 Å². The van der Waals surface area contributed by atoms with Gasteiger partial charge in [-0.3, -0.25) is 19.2 Å². The van der Waals surface area contributed by atoms with Crippen molar-refractivity contribution in [2.24, 2.45) is 0 Å². The van der Waals surface area contributed by atoms with Crippen molar-refractivity contribution < 1.29 is 19.2 Å². The number of hydrogen-bond acceptors (Lipinski definition) is 22. The van der Waals surface area contributed by atoms with Gasteiger partial charge < -0.3 is 21.3 Å². The molecule has 0 saturated heterocycles. The van der Waals surface area contributed by atoms with Crippen LogP contribution in [-0.4, -0.2) is 87.4 Å². The number of carbonyl (C=O) groups is 4. The molecule has 0 aliphatic rings. The fourth-order valence-corrected chi connectivity index (χ4v) is 17.4. The van der Waals surface area contributed by atoms with Crippen LogP contribution in [0.4, 0.5) is 20.5 Å². The maximum Gasteiger partial charge on any atom is 0.231 e. The van der Waals surface area contributed by atoms with Crippen LogP contribution < -0.4 is 21.3 Å². The predicted molar refractivity (Wildman–Crippen MR) is 319 cm³/mol. The number of thiophene rings is 4. The van der Waals surface area contributed by atoms with Gasteiger partial charge in [0.05, 0.1) is 34.4 Å². The van der Waals surface area contributed by atoms with E-state index in [1.807, 2.05) is 36.4 Å². The molecule has 0 bridgehead atoms. The van der Waals surface area contributed by atoms with Gasteiger partial charge >= 0.3 is 0 Å². The quantitative estimate of drug-likeness (QED) is 0.0391. The number of carbonyl (C=O) groups excluding carboxylic acids is 4. The van der Waals surface area contributed by atoms with Crippen LogP contribution in [0.15, 0.2) is 78.9 Å². The number of hydrogen-bond donors (Lipinski definition) is 4. The second-order valence-corrected chi connectivity index (χ2v) is 29.0. The van der Waals surface area contributed by atoms with Crippen molar-refractivity contribution in [3.8, 4) is 0 Å². The fourth-order valence-electron chi connectivity index (χ4n) is 7.46. The molecule has 0 fully saturated rings. The van der Waals surface area contributed by atoms with Crippen LogP contribution in [0.25, 0.3) is 20.2 Å². The number of aryl methyl sites for hydroxylation is 3. The zero-order chi connectivity index (χ0) is 52.4. The van der Waals surface area contributed by atoms with E-state index in [-0.39, 0.29) is 48.8 Å². The smallest absolute Gasteiger partial charge is 0.231 e. The first-order chi connectivity index (χ1) is 37.0. The Labute approximate surface area is 484 Å². The highest BCUT2D eigenvalue weighted by Gasteiger charge is 2.23. The zero-order valence-electron chi connectivity index (χ0n) is 39.4. The number of rotatable bonds is 25. The summed E-state index contributed by atoms with van der Waals surface area (Å²) in [6.07, 6.45) is 2.96. The van der Waals surface area contributed by atoms with Gasteiger partial charge in [-0.05, 0) is 88.2 Å². The van der Waals surface area contributed by atoms with Crippen LogP contribution in [0.1, 0.15) is 51.0 Å². The molecule has 1 unspecified atom stereocenters. The number of anilines is 4. The Hall–Kier alpha value is -4.84. The summed E-state index contributed by atoms with van der Waals surface area (Å²) >= 11 is 27.0. The lowest BCUT2D eigenvalue weighted by Crippen LogP contribution is -2.13. The van der Waals surface area contributed by atoms with Gasteiger partial charge in [-0.15, -0.1) is 86.1 Å². The van der Waals surface area contributed by atoms with Crippen LogP contribution >= 0.6 is 137 Å². The van der Waals surface area contributed by atoms with E-state index in [1.54, 1.807) is 58.3 Å². The lowest BCUT2D eigenvalue weighted by Gasteiger charge is -2.14. The largest absolute Gasteiger partial charge is 0.300 e. The first-order valence-corrected chi connectivity index (χ1v) is 32.7. The summed E-state index contributed by atoms with van der Waals surface area (Å²) in [4.78, 5) is 55.1. The molecule has 390 valence electrons. The normalized spacial score (nSPS) is 11.9. The molecule has 0 saturated carbocycles. The Morgan fingerprint density at radius 1 is 0.447 bits per heavy atom. The molecule has 0 radical (unpaired) electrons. The average molecular weight is 1240 g/mol. The second-order valence-electron chi connectivity index (χ2n) is 16.5. The third-order valence-electron chi connectivity index (χ3n) is 10.9. The number of nitrogens with one attached hydrogen (secondary N) is 4. The number of halogens is 2. The Bertz CT molecular complexity index is 3600. The molecular weight excluding hydrogens is 1200 g/mol. The Morgan fingerprint density at radius 3 is 1.42 bits per heavy atom. The summed E-state index contributed by atoms with van der Waals surface area (Å²) in [7, 11) is 0. The van der Waals surface area contributed by atoms with Gasteiger partial charge in [-0.2, -0.15) is 23.5 Å².